The molecule has 100 valence electrons. The van der Waals surface area contributed by atoms with Crippen LogP contribution in [0.25, 0.3) is 11.1 Å². The van der Waals surface area contributed by atoms with Crippen molar-refractivity contribution in [2.24, 2.45) is 11.1 Å². The maximum absolute atomic E-state index is 12.0. The summed E-state index contributed by atoms with van der Waals surface area (Å²) in [4.78, 5) is 16.3. The maximum Gasteiger partial charge on any atom is 0.227 e. The van der Waals surface area contributed by atoms with E-state index in [1.165, 1.54) is 0 Å². The highest BCUT2D eigenvalue weighted by Gasteiger charge is 2.48. The van der Waals surface area contributed by atoms with Crippen molar-refractivity contribution in [3.05, 3.63) is 29.7 Å². The summed E-state index contributed by atoms with van der Waals surface area (Å²) in [6.45, 7) is 2.75. The molecule has 0 radical (unpaired) electrons. The van der Waals surface area contributed by atoms with Crippen molar-refractivity contribution in [2.75, 3.05) is 6.54 Å². The van der Waals surface area contributed by atoms with Crippen LogP contribution in [-0.4, -0.2) is 17.4 Å². The second-order valence-electron chi connectivity index (χ2n) is 5.20. The van der Waals surface area contributed by atoms with Gasteiger partial charge in [0.1, 0.15) is 5.52 Å². The minimum atomic E-state index is -0.297. The Morgan fingerprint density at radius 3 is 3.00 bits per heavy atom. The van der Waals surface area contributed by atoms with Crippen molar-refractivity contribution in [3.63, 3.8) is 0 Å². The summed E-state index contributed by atoms with van der Waals surface area (Å²) in [5.41, 5.74) is 7.95. The molecule has 2 aromatic rings. The molecule has 1 aliphatic carbocycles. The summed E-state index contributed by atoms with van der Waals surface area (Å²) in [6, 6.07) is 5.76. The molecule has 0 bridgehead atoms. The van der Waals surface area contributed by atoms with E-state index in [4.69, 9.17) is 10.2 Å². The molecule has 0 unspecified atom stereocenters. The summed E-state index contributed by atoms with van der Waals surface area (Å²) in [5.74, 6) is 0.711. The fraction of sp³-hybridized carbons (Fsp3) is 0.429. The monoisotopic (exact) mass is 259 g/mol. The minimum absolute atomic E-state index is 0.0615. The number of carbonyl (C=O) groups excluding carboxylic acids is 1. The summed E-state index contributed by atoms with van der Waals surface area (Å²) in [5, 5.41) is 2.95. The van der Waals surface area contributed by atoms with Crippen LogP contribution in [0.15, 0.2) is 22.6 Å². The van der Waals surface area contributed by atoms with E-state index in [9.17, 15) is 4.79 Å². The SMILES string of the molecule is Cc1nc2cc(CNC(=O)C3(CN)CC3)ccc2o1. The van der Waals surface area contributed by atoms with Crippen molar-refractivity contribution >= 4 is 17.0 Å². The van der Waals surface area contributed by atoms with Gasteiger partial charge in [0.05, 0.1) is 5.41 Å². The topological polar surface area (TPSA) is 81.2 Å². The van der Waals surface area contributed by atoms with Crippen LogP contribution in [-0.2, 0) is 11.3 Å². The van der Waals surface area contributed by atoms with Crippen molar-refractivity contribution in [1.82, 2.24) is 10.3 Å². The Balaban J connectivity index is 1.70. The van der Waals surface area contributed by atoms with Crippen molar-refractivity contribution in [3.8, 4) is 0 Å². The molecule has 0 atom stereocenters. The molecule has 19 heavy (non-hydrogen) atoms. The van der Waals surface area contributed by atoms with Gasteiger partial charge in [-0.1, -0.05) is 6.07 Å². The number of oxazole rings is 1. The van der Waals surface area contributed by atoms with Crippen LogP contribution in [0.3, 0.4) is 0 Å². The highest BCUT2D eigenvalue weighted by atomic mass is 16.3. The van der Waals surface area contributed by atoms with E-state index in [2.05, 4.69) is 10.3 Å². The standard InChI is InChI=1S/C14H17N3O2/c1-9-17-11-6-10(2-3-12(11)19-9)7-16-13(18)14(8-15)4-5-14/h2-3,6H,4-5,7-8,15H2,1H3,(H,16,18). The zero-order valence-electron chi connectivity index (χ0n) is 10.9. The number of aryl methyl sites for hydroxylation is 1. The van der Waals surface area contributed by atoms with Gasteiger partial charge < -0.3 is 15.5 Å². The molecule has 3 N–H and O–H groups in total. The fourth-order valence-corrected chi connectivity index (χ4v) is 2.24. The van der Waals surface area contributed by atoms with E-state index in [1.807, 2.05) is 25.1 Å². The first-order valence-electron chi connectivity index (χ1n) is 6.47. The first-order valence-corrected chi connectivity index (χ1v) is 6.47. The molecular weight excluding hydrogens is 242 g/mol. The molecule has 5 nitrogen and oxygen atoms in total. The predicted molar refractivity (Wildman–Crippen MR) is 71.3 cm³/mol. The lowest BCUT2D eigenvalue weighted by atomic mass is 10.1. The number of carbonyl (C=O) groups is 1. The number of nitrogens with two attached hydrogens (primary N) is 1. The fourth-order valence-electron chi connectivity index (χ4n) is 2.24. The van der Waals surface area contributed by atoms with Crippen LogP contribution >= 0.6 is 0 Å². The van der Waals surface area contributed by atoms with Crippen LogP contribution in [0.4, 0.5) is 0 Å². The zero-order valence-corrected chi connectivity index (χ0v) is 10.9. The number of aromatic nitrogens is 1. The summed E-state index contributed by atoms with van der Waals surface area (Å²) in [7, 11) is 0. The van der Waals surface area contributed by atoms with Gasteiger partial charge in [-0.3, -0.25) is 4.79 Å². The Morgan fingerprint density at radius 2 is 2.32 bits per heavy atom. The second-order valence-corrected chi connectivity index (χ2v) is 5.20. The Kier molecular flexibility index (Phi) is 2.78. The number of fused-ring (bicyclic) bond motifs is 1. The number of benzene rings is 1. The van der Waals surface area contributed by atoms with E-state index < -0.39 is 0 Å². The van der Waals surface area contributed by atoms with Gasteiger partial charge in [-0.05, 0) is 30.5 Å². The average molecular weight is 259 g/mol. The summed E-state index contributed by atoms with van der Waals surface area (Å²) < 4.78 is 5.42. The number of hydrogen-bond acceptors (Lipinski definition) is 4. The van der Waals surface area contributed by atoms with Gasteiger partial charge in [-0.25, -0.2) is 4.98 Å². The molecule has 1 aromatic carbocycles. The number of amides is 1. The molecule has 1 heterocycles. The molecule has 1 saturated carbocycles. The largest absolute Gasteiger partial charge is 0.441 e. The molecule has 1 fully saturated rings. The summed E-state index contributed by atoms with van der Waals surface area (Å²) >= 11 is 0. The van der Waals surface area contributed by atoms with E-state index in [-0.39, 0.29) is 11.3 Å². The van der Waals surface area contributed by atoms with E-state index in [0.717, 1.165) is 29.5 Å². The number of nitrogens with zero attached hydrogens (tertiary/aromatic N) is 1. The lowest BCUT2D eigenvalue weighted by Crippen LogP contribution is -2.36. The van der Waals surface area contributed by atoms with Crippen molar-refractivity contribution < 1.29 is 9.21 Å². The molecular formula is C14H17N3O2. The van der Waals surface area contributed by atoms with Crippen LogP contribution in [0.2, 0.25) is 0 Å². The molecule has 0 saturated heterocycles. The smallest absolute Gasteiger partial charge is 0.227 e. The third-order valence-corrected chi connectivity index (χ3v) is 3.74. The second kappa shape index (κ2) is 4.35. The molecule has 1 amide bonds. The van der Waals surface area contributed by atoms with Crippen LogP contribution in [0.5, 0.6) is 0 Å². The van der Waals surface area contributed by atoms with Gasteiger partial charge in [-0.15, -0.1) is 0 Å². The Morgan fingerprint density at radius 1 is 1.53 bits per heavy atom. The molecule has 3 rings (SSSR count). The maximum atomic E-state index is 12.0. The van der Waals surface area contributed by atoms with E-state index >= 15 is 0 Å². The highest BCUT2D eigenvalue weighted by molar-refractivity contribution is 5.85. The van der Waals surface area contributed by atoms with Gasteiger partial charge in [0, 0.05) is 20.0 Å². The van der Waals surface area contributed by atoms with Gasteiger partial charge in [0.25, 0.3) is 0 Å². The Hall–Kier alpha value is -1.88. The number of rotatable bonds is 4. The van der Waals surface area contributed by atoms with Crippen LogP contribution < -0.4 is 11.1 Å². The quantitative estimate of drug-likeness (QED) is 0.871. The average Bonchev–Trinajstić information content (AvgIpc) is 3.12. The first kappa shape index (κ1) is 12.2. The number of hydrogen-bond donors (Lipinski definition) is 2. The predicted octanol–water partition coefficient (Wildman–Crippen LogP) is 1.49. The van der Waals surface area contributed by atoms with Crippen LogP contribution in [0, 0.1) is 12.3 Å². The lowest BCUT2D eigenvalue weighted by molar-refractivity contribution is -0.126. The van der Waals surface area contributed by atoms with Gasteiger partial charge >= 0.3 is 0 Å². The van der Waals surface area contributed by atoms with Gasteiger partial charge in [-0.2, -0.15) is 0 Å². The molecule has 0 aliphatic heterocycles. The Bertz CT molecular complexity index is 629. The minimum Gasteiger partial charge on any atom is -0.441 e. The van der Waals surface area contributed by atoms with Crippen molar-refractivity contribution in [1.29, 1.82) is 0 Å². The van der Waals surface area contributed by atoms with Crippen molar-refractivity contribution in [2.45, 2.75) is 26.3 Å². The van der Waals surface area contributed by atoms with E-state index in [1.54, 1.807) is 0 Å². The third-order valence-electron chi connectivity index (χ3n) is 3.74. The molecule has 0 spiro atoms. The Labute approximate surface area is 111 Å². The highest BCUT2D eigenvalue weighted by Crippen LogP contribution is 2.44. The number of nitrogens with one attached hydrogen (secondary N) is 1. The lowest BCUT2D eigenvalue weighted by Gasteiger charge is -2.12. The van der Waals surface area contributed by atoms with Gasteiger partial charge in [0.15, 0.2) is 11.5 Å². The molecule has 1 aromatic heterocycles. The molecule has 5 heteroatoms. The zero-order chi connectivity index (χ0) is 13.5. The summed E-state index contributed by atoms with van der Waals surface area (Å²) in [6.07, 6.45) is 1.80. The first-order chi connectivity index (χ1) is 9.13. The third kappa shape index (κ3) is 2.21. The molecule has 1 aliphatic rings. The van der Waals surface area contributed by atoms with Gasteiger partial charge in [0.2, 0.25) is 5.91 Å². The van der Waals surface area contributed by atoms with E-state index in [0.29, 0.717) is 19.0 Å². The van der Waals surface area contributed by atoms with Crippen LogP contribution in [0.1, 0.15) is 24.3 Å². The normalized spacial score (nSPS) is 16.5.